The molecule has 0 aliphatic rings. The molecule has 1 atom stereocenters. The smallest absolute Gasteiger partial charge is 0.161 e. The number of hydrogen-bond donors (Lipinski definition) is 1. The lowest BCUT2D eigenvalue weighted by Gasteiger charge is -2.27. The van der Waals surface area contributed by atoms with Gasteiger partial charge in [-0.05, 0) is 26.1 Å². The molecule has 2 N–H and O–H groups in total. The standard InChI is InChI=1S/C15H17F3N2O/c1-9-10(3-4-21-9)8-20(2)15(7-19)11-5-13(17)14(18)6-12(11)16/h3-6,15H,7-8,19H2,1-2H3. The third-order valence-electron chi connectivity index (χ3n) is 3.54. The Kier molecular flexibility index (Phi) is 4.69. The van der Waals surface area contributed by atoms with Gasteiger partial charge in [0.1, 0.15) is 11.6 Å². The van der Waals surface area contributed by atoms with Crippen LogP contribution in [-0.4, -0.2) is 18.5 Å². The molecule has 0 amide bonds. The molecule has 1 aromatic carbocycles. The average molecular weight is 298 g/mol. The first-order valence-electron chi connectivity index (χ1n) is 6.51. The fraction of sp³-hybridized carbons (Fsp3) is 0.333. The average Bonchev–Trinajstić information content (AvgIpc) is 2.82. The predicted molar refractivity (Wildman–Crippen MR) is 73.0 cm³/mol. The minimum Gasteiger partial charge on any atom is -0.469 e. The summed E-state index contributed by atoms with van der Waals surface area (Å²) in [5, 5.41) is 0. The highest BCUT2D eigenvalue weighted by molar-refractivity contribution is 5.24. The van der Waals surface area contributed by atoms with Crippen molar-refractivity contribution in [3.8, 4) is 0 Å². The van der Waals surface area contributed by atoms with E-state index in [0.29, 0.717) is 12.6 Å². The Labute approximate surface area is 121 Å². The van der Waals surface area contributed by atoms with E-state index in [1.807, 2.05) is 6.92 Å². The van der Waals surface area contributed by atoms with Gasteiger partial charge in [-0.3, -0.25) is 4.90 Å². The Balaban J connectivity index is 2.27. The van der Waals surface area contributed by atoms with Crippen LogP contribution in [-0.2, 0) is 6.54 Å². The molecule has 0 saturated heterocycles. The first-order valence-corrected chi connectivity index (χ1v) is 6.51. The van der Waals surface area contributed by atoms with Crippen LogP contribution in [0.2, 0.25) is 0 Å². The van der Waals surface area contributed by atoms with Gasteiger partial charge in [-0.2, -0.15) is 0 Å². The molecule has 1 unspecified atom stereocenters. The minimum absolute atomic E-state index is 0.0417. The summed E-state index contributed by atoms with van der Waals surface area (Å²) in [4.78, 5) is 1.77. The normalized spacial score (nSPS) is 12.9. The monoisotopic (exact) mass is 298 g/mol. The molecule has 1 aromatic heterocycles. The van der Waals surface area contributed by atoms with Crippen molar-refractivity contribution >= 4 is 0 Å². The molecule has 3 nitrogen and oxygen atoms in total. The van der Waals surface area contributed by atoms with Crippen LogP contribution in [0.15, 0.2) is 28.9 Å². The largest absolute Gasteiger partial charge is 0.469 e. The lowest BCUT2D eigenvalue weighted by Crippen LogP contribution is -2.31. The van der Waals surface area contributed by atoms with E-state index in [2.05, 4.69) is 0 Å². The fourth-order valence-electron chi connectivity index (χ4n) is 2.29. The van der Waals surface area contributed by atoms with Crippen molar-refractivity contribution in [3.05, 3.63) is 58.8 Å². The Morgan fingerprint density at radius 1 is 1.19 bits per heavy atom. The van der Waals surface area contributed by atoms with E-state index in [-0.39, 0.29) is 12.1 Å². The zero-order valence-corrected chi connectivity index (χ0v) is 11.9. The molecule has 1 heterocycles. The van der Waals surface area contributed by atoms with E-state index in [9.17, 15) is 13.2 Å². The third kappa shape index (κ3) is 3.28. The molecule has 6 heteroatoms. The summed E-state index contributed by atoms with van der Waals surface area (Å²) in [7, 11) is 1.74. The topological polar surface area (TPSA) is 42.4 Å². The Hall–Kier alpha value is -1.79. The van der Waals surface area contributed by atoms with Gasteiger partial charge in [0.25, 0.3) is 0 Å². The second-order valence-electron chi connectivity index (χ2n) is 4.96. The van der Waals surface area contributed by atoms with E-state index < -0.39 is 23.5 Å². The molecule has 0 aliphatic heterocycles. The maximum Gasteiger partial charge on any atom is 0.161 e. The first kappa shape index (κ1) is 15.6. The number of aryl methyl sites for hydroxylation is 1. The number of nitrogens with two attached hydrogens (primary N) is 1. The lowest BCUT2D eigenvalue weighted by molar-refractivity contribution is 0.234. The van der Waals surface area contributed by atoms with Crippen LogP contribution in [0, 0.1) is 24.4 Å². The molecule has 2 aromatic rings. The molecule has 114 valence electrons. The molecular formula is C15H17F3N2O. The van der Waals surface area contributed by atoms with Crippen molar-refractivity contribution in [2.45, 2.75) is 19.5 Å². The highest BCUT2D eigenvalue weighted by Gasteiger charge is 2.22. The SMILES string of the molecule is Cc1occc1CN(C)C(CN)c1cc(F)c(F)cc1F. The second-order valence-corrected chi connectivity index (χ2v) is 4.96. The Morgan fingerprint density at radius 3 is 2.43 bits per heavy atom. The van der Waals surface area contributed by atoms with Crippen LogP contribution in [0.4, 0.5) is 13.2 Å². The number of halogens is 3. The van der Waals surface area contributed by atoms with Crippen LogP contribution in [0.3, 0.4) is 0 Å². The van der Waals surface area contributed by atoms with Crippen molar-refractivity contribution in [1.29, 1.82) is 0 Å². The van der Waals surface area contributed by atoms with Crippen LogP contribution < -0.4 is 5.73 Å². The van der Waals surface area contributed by atoms with E-state index in [4.69, 9.17) is 10.2 Å². The van der Waals surface area contributed by atoms with Gasteiger partial charge in [-0.1, -0.05) is 0 Å². The highest BCUT2D eigenvalue weighted by Crippen LogP contribution is 2.26. The second kappa shape index (κ2) is 6.32. The minimum atomic E-state index is -1.21. The van der Waals surface area contributed by atoms with Gasteiger partial charge in [0, 0.05) is 30.3 Å². The van der Waals surface area contributed by atoms with E-state index >= 15 is 0 Å². The maximum absolute atomic E-state index is 13.9. The Bertz CT molecular complexity index is 627. The van der Waals surface area contributed by atoms with Crippen molar-refractivity contribution in [2.24, 2.45) is 5.73 Å². The molecule has 0 bridgehead atoms. The van der Waals surface area contributed by atoms with Gasteiger partial charge in [-0.15, -0.1) is 0 Å². The van der Waals surface area contributed by atoms with Crippen molar-refractivity contribution in [3.63, 3.8) is 0 Å². The summed E-state index contributed by atoms with van der Waals surface area (Å²) < 4.78 is 45.4. The molecular weight excluding hydrogens is 281 g/mol. The number of benzene rings is 1. The predicted octanol–water partition coefficient (Wildman–Crippen LogP) is 3.14. The molecule has 0 radical (unpaired) electrons. The maximum atomic E-state index is 13.9. The van der Waals surface area contributed by atoms with Gasteiger partial charge in [0.2, 0.25) is 0 Å². The lowest BCUT2D eigenvalue weighted by atomic mass is 10.0. The van der Waals surface area contributed by atoms with Crippen molar-refractivity contribution < 1.29 is 17.6 Å². The summed E-state index contributed by atoms with van der Waals surface area (Å²) >= 11 is 0. The number of likely N-dealkylation sites (N-methyl/N-ethyl adjacent to an activating group) is 1. The molecule has 2 rings (SSSR count). The summed E-state index contributed by atoms with van der Waals surface area (Å²) in [5.74, 6) is -2.35. The summed E-state index contributed by atoms with van der Waals surface area (Å²) in [6, 6.07) is 2.65. The third-order valence-corrected chi connectivity index (χ3v) is 3.54. The van der Waals surface area contributed by atoms with Crippen LogP contribution in [0.5, 0.6) is 0 Å². The van der Waals surface area contributed by atoms with E-state index in [1.165, 1.54) is 0 Å². The zero-order chi connectivity index (χ0) is 15.6. The van der Waals surface area contributed by atoms with Gasteiger partial charge in [-0.25, -0.2) is 13.2 Å². The highest BCUT2D eigenvalue weighted by atomic mass is 19.2. The quantitative estimate of drug-likeness (QED) is 0.862. The number of furan rings is 1. The molecule has 0 spiro atoms. The van der Waals surface area contributed by atoms with Gasteiger partial charge < -0.3 is 10.2 Å². The van der Waals surface area contributed by atoms with Crippen molar-refractivity contribution in [1.82, 2.24) is 4.90 Å². The van der Waals surface area contributed by atoms with Crippen LogP contribution in [0.1, 0.15) is 22.9 Å². The summed E-state index contributed by atoms with van der Waals surface area (Å²) in [6.07, 6.45) is 1.56. The molecule has 0 saturated carbocycles. The number of nitrogens with zero attached hydrogens (tertiary/aromatic N) is 1. The fourth-order valence-corrected chi connectivity index (χ4v) is 2.29. The van der Waals surface area contributed by atoms with Crippen LogP contribution >= 0.6 is 0 Å². The van der Waals surface area contributed by atoms with Crippen LogP contribution in [0.25, 0.3) is 0 Å². The number of rotatable bonds is 5. The Morgan fingerprint density at radius 2 is 1.86 bits per heavy atom. The summed E-state index contributed by atoms with van der Waals surface area (Å²) in [5.41, 5.74) is 6.65. The molecule has 0 aliphatic carbocycles. The zero-order valence-electron chi connectivity index (χ0n) is 11.9. The van der Waals surface area contributed by atoms with Crippen molar-refractivity contribution in [2.75, 3.05) is 13.6 Å². The van der Waals surface area contributed by atoms with E-state index in [0.717, 1.165) is 17.4 Å². The van der Waals surface area contributed by atoms with Gasteiger partial charge in [0.15, 0.2) is 11.6 Å². The molecule has 0 fully saturated rings. The number of hydrogen-bond acceptors (Lipinski definition) is 3. The van der Waals surface area contributed by atoms with E-state index in [1.54, 1.807) is 24.3 Å². The first-order chi connectivity index (χ1) is 9.93. The van der Waals surface area contributed by atoms with Gasteiger partial charge >= 0.3 is 0 Å². The van der Waals surface area contributed by atoms with Gasteiger partial charge in [0.05, 0.1) is 12.3 Å². The summed E-state index contributed by atoms with van der Waals surface area (Å²) in [6.45, 7) is 2.36. The molecule has 21 heavy (non-hydrogen) atoms.